The summed E-state index contributed by atoms with van der Waals surface area (Å²) >= 11 is 0. The Morgan fingerprint density at radius 1 is 1.12 bits per heavy atom. The fourth-order valence-electron chi connectivity index (χ4n) is 2.34. The molecule has 126 valence electrons. The largest absolute Gasteiger partial charge is 0.292 e. The molecule has 0 spiro atoms. The Labute approximate surface area is 134 Å². The van der Waals surface area contributed by atoms with Gasteiger partial charge in [-0.3, -0.25) is 4.68 Å². The summed E-state index contributed by atoms with van der Waals surface area (Å²) in [7, 11) is 1.49. The number of nitrogens with zero attached hydrogens (tertiary/aromatic N) is 5. The third kappa shape index (κ3) is 3.15. The van der Waals surface area contributed by atoms with Gasteiger partial charge in [-0.15, -0.1) is 5.10 Å². The summed E-state index contributed by atoms with van der Waals surface area (Å²) in [5.41, 5.74) is -0.472. The number of benzene rings is 1. The summed E-state index contributed by atoms with van der Waals surface area (Å²) in [6.45, 7) is -0.742. The molecule has 0 aliphatic heterocycles. The lowest BCUT2D eigenvalue weighted by Gasteiger charge is -2.15. The standard InChI is InChI=1S/C15H13F4N5/c1-23-7-11(13(21-23)14(16)17)12-8-24(22-20-12)9-15(18,19)10-5-3-2-4-6-10/h2-8,14H,9H2,1H3. The van der Waals surface area contributed by atoms with Crippen LogP contribution in [0.25, 0.3) is 11.3 Å². The van der Waals surface area contributed by atoms with Crippen LogP contribution in [0.2, 0.25) is 0 Å². The maximum absolute atomic E-state index is 14.2. The van der Waals surface area contributed by atoms with E-state index in [1.165, 1.54) is 48.4 Å². The van der Waals surface area contributed by atoms with Crippen molar-refractivity contribution in [3.05, 3.63) is 54.0 Å². The topological polar surface area (TPSA) is 48.5 Å². The van der Waals surface area contributed by atoms with Crippen LogP contribution < -0.4 is 0 Å². The van der Waals surface area contributed by atoms with Gasteiger partial charge in [0.1, 0.15) is 17.9 Å². The summed E-state index contributed by atoms with van der Waals surface area (Å²) in [4.78, 5) is 0. The first-order valence-corrected chi connectivity index (χ1v) is 7.02. The van der Waals surface area contributed by atoms with Crippen molar-refractivity contribution in [2.45, 2.75) is 18.9 Å². The lowest BCUT2D eigenvalue weighted by Crippen LogP contribution is -2.21. The van der Waals surface area contributed by atoms with E-state index < -0.39 is 24.6 Å². The monoisotopic (exact) mass is 339 g/mol. The van der Waals surface area contributed by atoms with Crippen LogP contribution in [0.1, 0.15) is 17.7 Å². The maximum Gasteiger partial charge on any atom is 0.292 e. The van der Waals surface area contributed by atoms with Gasteiger partial charge in [0.05, 0.1) is 11.8 Å². The Balaban J connectivity index is 1.87. The van der Waals surface area contributed by atoms with Gasteiger partial charge in [0.2, 0.25) is 0 Å². The molecule has 3 aromatic rings. The highest BCUT2D eigenvalue weighted by atomic mass is 19.3. The van der Waals surface area contributed by atoms with Crippen LogP contribution in [0.15, 0.2) is 42.7 Å². The molecule has 2 heterocycles. The minimum Gasteiger partial charge on any atom is -0.275 e. The van der Waals surface area contributed by atoms with Crippen molar-refractivity contribution < 1.29 is 17.6 Å². The van der Waals surface area contributed by atoms with Crippen LogP contribution >= 0.6 is 0 Å². The van der Waals surface area contributed by atoms with Crippen LogP contribution in [0.3, 0.4) is 0 Å². The van der Waals surface area contributed by atoms with Crippen molar-refractivity contribution in [2.24, 2.45) is 7.05 Å². The van der Waals surface area contributed by atoms with Crippen molar-refractivity contribution in [3.8, 4) is 11.3 Å². The second-order valence-electron chi connectivity index (χ2n) is 5.27. The SMILES string of the molecule is Cn1cc(-c2cn(CC(F)(F)c3ccccc3)nn2)c(C(F)F)n1. The van der Waals surface area contributed by atoms with E-state index in [1.807, 2.05) is 0 Å². The molecule has 0 saturated heterocycles. The zero-order valence-corrected chi connectivity index (χ0v) is 12.6. The Kier molecular flexibility index (Phi) is 4.08. The molecule has 1 aromatic carbocycles. The molecule has 0 saturated carbocycles. The van der Waals surface area contributed by atoms with Gasteiger partial charge in [-0.05, 0) is 0 Å². The minimum absolute atomic E-state index is 0.0711. The first kappa shape index (κ1) is 16.2. The quantitative estimate of drug-likeness (QED) is 0.670. The number of hydrogen-bond acceptors (Lipinski definition) is 3. The Morgan fingerprint density at radius 2 is 1.83 bits per heavy atom. The van der Waals surface area contributed by atoms with E-state index in [0.29, 0.717) is 0 Å². The van der Waals surface area contributed by atoms with Gasteiger partial charge in [0.15, 0.2) is 0 Å². The highest BCUT2D eigenvalue weighted by Gasteiger charge is 2.32. The predicted octanol–water partition coefficient (Wildman–Crippen LogP) is 3.41. The third-order valence-corrected chi connectivity index (χ3v) is 3.44. The van der Waals surface area contributed by atoms with E-state index in [2.05, 4.69) is 15.4 Å². The van der Waals surface area contributed by atoms with Gasteiger partial charge < -0.3 is 0 Å². The molecule has 0 radical (unpaired) electrons. The molecule has 9 heteroatoms. The average molecular weight is 339 g/mol. The summed E-state index contributed by atoms with van der Waals surface area (Å²) in [6.07, 6.45) is -0.234. The second-order valence-corrected chi connectivity index (χ2v) is 5.27. The first-order chi connectivity index (χ1) is 11.4. The van der Waals surface area contributed by atoms with Crippen LogP contribution in [0.4, 0.5) is 17.6 Å². The zero-order valence-electron chi connectivity index (χ0n) is 12.6. The summed E-state index contributed by atoms with van der Waals surface area (Å²) < 4.78 is 56.6. The number of rotatable bonds is 5. The fourth-order valence-corrected chi connectivity index (χ4v) is 2.34. The number of halogens is 4. The van der Waals surface area contributed by atoms with Crippen molar-refractivity contribution >= 4 is 0 Å². The highest BCUT2D eigenvalue weighted by molar-refractivity contribution is 5.60. The second kappa shape index (κ2) is 6.06. The average Bonchev–Trinajstić information content (AvgIpc) is 3.14. The third-order valence-electron chi connectivity index (χ3n) is 3.44. The molecule has 0 unspecified atom stereocenters. The van der Waals surface area contributed by atoms with Crippen molar-refractivity contribution in [2.75, 3.05) is 0 Å². The molecule has 0 N–H and O–H groups in total. The predicted molar refractivity (Wildman–Crippen MR) is 77.5 cm³/mol. The first-order valence-electron chi connectivity index (χ1n) is 7.02. The molecule has 0 amide bonds. The fraction of sp³-hybridized carbons (Fsp3) is 0.267. The van der Waals surface area contributed by atoms with Gasteiger partial charge in [0, 0.05) is 18.8 Å². The molecule has 0 fully saturated rings. The minimum atomic E-state index is -3.16. The van der Waals surface area contributed by atoms with E-state index in [0.717, 1.165) is 4.68 Å². The van der Waals surface area contributed by atoms with Gasteiger partial charge >= 0.3 is 0 Å². The maximum atomic E-state index is 14.2. The molecular formula is C15H13F4N5. The molecule has 3 rings (SSSR count). The van der Waals surface area contributed by atoms with Crippen molar-refractivity contribution in [1.29, 1.82) is 0 Å². The highest BCUT2D eigenvalue weighted by Crippen LogP contribution is 2.31. The van der Waals surface area contributed by atoms with E-state index in [4.69, 9.17) is 0 Å². The van der Waals surface area contributed by atoms with E-state index in [9.17, 15) is 17.6 Å². The lowest BCUT2D eigenvalue weighted by molar-refractivity contribution is -0.0258. The zero-order chi connectivity index (χ0) is 17.3. The van der Waals surface area contributed by atoms with E-state index >= 15 is 0 Å². The molecule has 0 bridgehead atoms. The van der Waals surface area contributed by atoms with Crippen LogP contribution in [0, 0.1) is 0 Å². The van der Waals surface area contributed by atoms with Crippen LogP contribution in [0.5, 0.6) is 0 Å². The number of hydrogen-bond donors (Lipinski definition) is 0. The molecule has 0 atom stereocenters. The van der Waals surface area contributed by atoms with Crippen molar-refractivity contribution in [3.63, 3.8) is 0 Å². The van der Waals surface area contributed by atoms with Gasteiger partial charge in [-0.1, -0.05) is 35.5 Å². The molecule has 0 aliphatic carbocycles. The van der Waals surface area contributed by atoms with Gasteiger partial charge in [0.25, 0.3) is 12.3 Å². The molecular weight excluding hydrogens is 326 g/mol. The molecule has 24 heavy (non-hydrogen) atoms. The molecule has 2 aromatic heterocycles. The number of aromatic nitrogens is 5. The summed E-state index contributed by atoms with van der Waals surface area (Å²) in [5, 5.41) is 11.0. The van der Waals surface area contributed by atoms with Crippen LogP contribution in [-0.2, 0) is 19.5 Å². The summed E-state index contributed by atoms with van der Waals surface area (Å²) in [5.74, 6) is -3.16. The Morgan fingerprint density at radius 3 is 2.50 bits per heavy atom. The molecule has 0 aliphatic rings. The Bertz CT molecular complexity index is 826. The van der Waals surface area contributed by atoms with Crippen molar-refractivity contribution in [1.82, 2.24) is 24.8 Å². The lowest BCUT2D eigenvalue weighted by atomic mass is 10.1. The van der Waals surface area contributed by atoms with Crippen LogP contribution in [-0.4, -0.2) is 24.8 Å². The normalized spacial score (nSPS) is 12.1. The van der Waals surface area contributed by atoms with Gasteiger partial charge in [-0.2, -0.15) is 13.9 Å². The number of aryl methyl sites for hydroxylation is 1. The van der Waals surface area contributed by atoms with E-state index in [-0.39, 0.29) is 16.8 Å². The summed E-state index contributed by atoms with van der Waals surface area (Å²) in [6, 6.07) is 7.30. The molecule has 5 nitrogen and oxygen atoms in total. The van der Waals surface area contributed by atoms with Gasteiger partial charge in [-0.25, -0.2) is 13.5 Å². The Hall–Kier alpha value is -2.71. The van der Waals surface area contributed by atoms with E-state index in [1.54, 1.807) is 6.07 Å². The number of alkyl halides is 4. The smallest absolute Gasteiger partial charge is 0.275 e.